The van der Waals surface area contributed by atoms with E-state index in [1.165, 1.54) is 28.2 Å². The van der Waals surface area contributed by atoms with Gasteiger partial charge in [0.15, 0.2) is 0 Å². The fraction of sp³-hybridized carbons (Fsp3) is 0.400. The quantitative estimate of drug-likeness (QED) is 0.887. The molecule has 1 aliphatic carbocycles. The van der Waals surface area contributed by atoms with Crippen LogP contribution >= 0.6 is 0 Å². The lowest BCUT2D eigenvalue weighted by atomic mass is 10.0. The number of ether oxygens (including phenoxy) is 1. The summed E-state index contributed by atoms with van der Waals surface area (Å²) in [7, 11) is -0.263. The molecule has 0 atom stereocenters. The molecule has 1 aromatic carbocycles. The van der Waals surface area contributed by atoms with Crippen molar-refractivity contribution in [2.24, 2.45) is 7.05 Å². The SMILES string of the molecule is COC1(CNS(=O)(=O)c2cnn(C)c2)Cc2ccccc2C1. The summed E-state index contributed by atoms with van der Waals surface area (Å²) < 4.78 is 34.4. The molecule has 1 aliphatic rings. The Morgan fingerprint density at radius 2 is 1.95 bits per heavy atom. The maximum absolute atomic E-state index is 12.3. The highest BCUT2D eigenvalue weighted by Gasteiger charge is 2.38. The Bertz CT molecular complexity index is 758. The van der Waals surface area contributed by atoms with Crippen LogP contribution in [0, 0.1) is 0 Å². The molecule has 6 nitrogen and oxygen atoms in total. The van der Waals surface area contributed by atoms with Crippen LogP contribution in [-0.4, -0.2) is 37.5 Å². The lowest BCUT2D eigenvalue weighted by Crippen LogP contribution is -2.45. The average molecular weight is 321 g/mol. The number of nitrogens with zero attached hydrogens (tertiary/aromatic N) is 2. The number of fused-ring (bicyclic) bond motifs is 1. The maximum atomic E-state index is 12.3. The summed E-state index contributed by atoms with van der Waals surface area (Å²) in [6, 6.07) is 8.10. The molecule has 0 unspecified atom stereocenters. The van der Waals surface area contributed by atoms with Gasteiger partial charge in [-0.3, -0.25) is 4.68 Å². The topological polar surface area (TPSA) is 73.2 Å². The largest absolute Gasteiger partial charge is 0.376 e. The summed E-state index contributed by atoms with van der Waals surface area (Å²) in [6.07, 6.45) is 4.22. The van der Waals surface area contributed by atoms with Crippen molar-refractivity contribution in [3.63, 3.8) is 0 Å². The van der Waals surface area contributed by atoms with E-state index >= 15 is 0 Å². The van der Waals surface area contributed by atoms with Gasteiger partial charge in [-0.15, -0.1) is 0 Å². The minimum atomic E-state index is -3.58. The van der Waals surface area contributed by atoms with E-state index in [0.717, 1.165) is 0 Å². The Hall–Kier alpha value is -1.70. The van der Waals surface area contributed by atoms with Crippen LogP contribution in [0.15, 0.2) is 41.6 Å². The average Bonchev–Trinajstić information content (AvgIpc) is 3.09. The maximum Gasteiger partial charge on any atom is 0.243 e. The molecule has 0 fully saturated rings. The zero-order valence-electron chi connectivity index (χ0n) is 12.6. The highest BCUT2D eigenvalue weighted by atomic mass is 32.2. The third-order valence-electron chi connectivity index (χ3n) is 4.15. The Morgan fingerprint density at radius 3 is 2.45 bits per heavy atom. The molecule has 1 N–H and O–H groups in total. The Kier molecular flexibility index (Phi) is 3.80. The first kappa shape index (κ1) is 15.2. The van der Waals surface area contributed by atoms with E-state index in [1.807, 2.05) is 12.1 Å². The van der Waals surface area contributed by atoms with Gasteiger partial charge in [0.1, 0.15) is 4.90 Å². The lowest BCUT2D eigenvalue weighted by molar-refractivity contribution is 0.00378. The van der Waals surface area contributed by atoms with Gasteiger partial charge in [-0.05, 0) is 11.1 Å². The van der Waals surface area contributed by atoms with E-state index < -0.39 is 15.6 Å². The molecule has 3 rings (SSSR count). The molecule has 22 heavy (non-hydrogen) atoms. The standard InChI is InChI=1S/C15H19N3O3S/c1-18-10-14(9-16-18)22(19,20)17-11-15(21-2)7-12-5-3-4-6-13(12)8-15/h3-6,9-10,17H,7-8,11H2,1-2H3. The number of methoxy groups -OCH3 is 1. The number of aryl methyl sites for hydroxylation is 1. The Labute approximate surface area is 130 Å². The van der Waals surface area contributed by atoms with Crippen LogP contribution in [0.25, 0.3) is 0 Å². The number of hydrogen-bond acceptors (Lipinski definition) is 4. The van der Waals surface area contributed by atoms with Crippen LogP contribution in [0.1, 0.15) is 11.1 Å². The van der Waals surface area contributed by atoms with Crippen LogP contribution in [0.3, 0.4) is 0 Å². The van der Waals surface area contributed by atoms with Crippen molar-refractivity contribution in [2.75, 3.05) is 13.7 Å². The van der Waals surface area contributed by atoms with Crippen LogP contribution < -0.4 is 4.72 Å². The second kappa shape index (κ2) is 5.49. The summed E-state index contributed by atoms with van der Waals surface area (Å²) >= 11 is 0. The van der Waals surface area contributed by atoms with E-state index in [2.05, 4.69) is 22.0 Å². The smallest absolute Gasteiger partial charge is 0.243 e. The van der Waals surface area contributed by atoms with Crippen molar-refractivity contribution >= 4 is 10.0 Å². The first-order valence-electron chi connectivity index (χ1n) is 7.04. The molecule has 118 valence electrons. The molecular formula is C15H19N3O3S. The second-order valence-electron chi connectivity index (χ2n) is 5.68. The van der Waals surface area contributed by atoms with Crippen LogP contribution in [-0.2, 0) is 34.6 Å². The molecule has 0 spiro atoms. The van der Waals surface area contributed by atoms with E-state index in [-0.39, 0.29) is 11.4 Å². The van der Waals surface area contributed by atoms with Gasteiger partial charge >= 0.3 is 0 Å². The van der Waals surface area contributed by atoms with Crippen LogP contribution in [0.2, 0.25) is 0 Å². The number of benzene rings is 1. The third-order valence-corrected chi connectivity index (χ3v) is 5.51. The van der Waals surface area contributed by atoms with Crippen molar-refractivity contribution < 1.29 is 13.2 Å². The minimum Gasteiger partial charge on any atom is -0.376 e. The van der Waals surface area contributed by atoms with Gasteiger partial charge in [0.25, 0.3) is 0 Å². The number of hydrogen-bond donors (Lipinski definition) is 1. The van der Waals surface area contributed by atoms with Gasteiger partial charge in [-0.25, -0.2) is 13.1 Å². The summed E-state index contributed by atoms with van der Waals surface area (Å²) in [5.41, 5.74) is 1.90. The molecule has 0 amide bonds. The van der Waals surface area contributed by atoms with Gasteiger partial charge in [0.2, 0.25) is 10.0 Å². The number of rotatable bonds is 5. The molecule has 0 radical (unpaired) electrons. The van der Waals surface area contributed by atoms with Gasteiger partial charge in [-0.2, -0.15) is 5.10 Å². The molecular weight excluding hydrogens is 302 g/mol. The van der Waals surface area contributed by atoms with Gasteiger partial charge in [0.05, 0.1) is 11.8 Å². The van der Waals surface area contributed by atoms with Gasteiger partial charge in [-0.1, -0.05) is 24.3 Å². The second-order valence-corrected chi connectivity index (χ2v) is 7.45. The molecule has 0 saturated heterocycles. The zero-order valence-corrected chi connectivity index (χ0v) is 13.4. The van der Waals surface area contributed by atoms with Crippen molar-refractivity contribution in [1.29, 1.82) is 0 Å². The summed E-state index contributed by atoms with van der Waals surface area (Å²) in [5.74, 6) is 0. The molecule has 1 aromatic heterocycles. The molecule has 2 aromatic rings. The summed E-state index contributed by atoms with van der Waals surface area (Å²) in [4.78, 5) is 0.164. The van der Waals surface area contributed by atoms with Gasteiger partial charge < -0.3 is 4.74 Å². The molecule has 0 bridgehead atoms. The summed E-state index contributed by atoms with van der Waals surface area (Å²) in [6.45, 7) is 0.232. The fourth-order valence-electron chi connectivity index (χ4n) is 2.85. The fourth-order valence-corrected chi connectivity index (χ4v) is 3.94. The first-order valence-corrected chi connectivity index (χ1v) is 8.53. The van der Waals surface area contributed by atoms with Crippen LogP contribution in [0.5, 0.6) is 0 Å². The monoisotopic (exact) mass is 321 g/mol. The molecule has 0 saturated carbocycles. The van der Waals surface area contributed by atoms with Crippen molar-refractivity contribution in [2.45, 2.75) is 23.3 Å². The minimum absolute atomic E-state index is 0.164. The lowest BCUT2D eigenvalue weighted by Gasteiger charge is -2.27. The van der Waals surface area contributed by atoms with E-state index in [9.17, 15) is 8.42 Å². The number of nitrogens with one attached hydrogen (secondary N) is 1. The highest BCUT2D eigenvalue weighted by Crippen LogP contribution is 2.32. The molecule has 7 heteroatoms. The Morgan fingerprint density at radius 1 is 1.32 bits per heavy atom. The highest BCUT2D eigenvalue weighted by molar-refractivity contribution is 7.89. The van der Waals surface area contributed by atoms with E-state index in [1.54, 1.807) is 14.2 Å². The first-order chi connectivity index (χ1) is 10.4. The predicted octanol–water partition coefficient (Wildman–Crippen LogP) is 0.882. The third kappa shape index (κ3) is 2.79. The van der Waals surface area contributed by atoms with Crippen molar-refractivity contribution in [3.05, 3.63) is 47.8 Å². The normalized spacial score (nSPS) is 16.6. The summed E-state index contributed by atoms with van der Waals surface area (Å²) in [5, 5.41) is 3.90. The van der Waals surface area contributed by atoms with Crippen molar-refractivity contribution in [3.8, 4) is 0 Å². The number of aromatic nitrogens is 2. The predicted molar refractivity (Wildman–Crippen MR) is 82.0 cm³/mol. The molecule has 1 heterocycles. The molecule has 0 aliphatic heterocycles. The van der Waals surface area contributed by atoms with E-state index in [0.29, 0.717) is 12.8 Å². The van der Waals surface area contributed by atoms with E-state index in [4.69, 9.17) is 4.74 Å². The van der Waals surface area contributed by atoms with Gasteiger partial charge in [0, 0.05) is 39.7 Å². The Balaban J connectivity index is 1.75. The van der Waals surface area contributed by atoms with Crippen molar-refractivity contribution in [1.82, 2.24) is 14.5 Å². The van der Waals surface area contributed by atoms with Crippen LogP contribution in [0.4, 0.5) is 0 Å². The zero-order chi connectivity index (χ0) is 15.8. The number of sulfonamides is 1.